The molecular formula is C18H20N4O4. The van der Waals surface area contributed by atoms with Crippen LogP contribution in [0.1, 0.15) is 38.0 Å². The molecule has 1 atom stereocenters. The van der Waals surface area contributed by atoms with Gasteiger partial charge in [0, 0.05) is 13.2 Å². The summed E-state index contributed by atoms with van der Waals surface area (Å²) in [7, 11) is 1.68. The fourth-order valence-corrected chi connectivity index (χ4v) is 3.89. The molecule has 0 radical (unpaired) electrons. The maximum Gasteiger partial charge on any atom is 0.307 e. The lowest BCUT2D eigenvalue weighted by Gasteiger charge is -2.30. The van der Waals surface area contributed by atoms with Crippen molar-refractivity contribution >= 4 is 11.9 Å². The first-order valence-electron chi connectivity index (χ1n) is 8.78. The molecule has 2 aliphatic rings. The van der Waals surface area contributed by atoms with E-state index in [1.54, 1.807) is 25.4 Å². The second kappa shape index (κ2) is 6.51. The Balaban J connectivity index is 1.46. The van der Waals surface area contributed by atoms with Gasteiger partial charge in [0.25, 0.3) is 0 Å². The van der Waals surface area contributed by atoms with Crippen LogP contribution in [0.2, 0.25) is 0 Å². The molecule has 1 amide bonds. The average molecular weight is 356 g/mol. The highest BCUT2D eigenvalue weighted by Gasteiger charge is 2.54. The summed E-state index contributed by atoms with van der Waals surface area (Å²) < 4.78 is 10.8. The Morgan fingerprint density at radius 2 is 2.15 bits per heavy atom. The zero-order valence-corrected chi connectivity index (χ0v) is 14.6. The molecule has 0 unspecified atom stereocenters. The zero-order chi connectivity index (χ0) is 18.1. The third-order valence-corrected chi connectivity index (χ3v) is 5.18. The SMILES string of the molecule is CN(Cc1nc(-c2ccccn2)no1)C(=O)[C@H]1CC(=O)OC12CCCC2. The summed E-state index contributed by atoms with van der Waals surface area (Å²) in [6, 6.07) is 5.43. The average Bonchev–Trinajstić information content (AvgIpc) is 3.37. The van der Waals surface area contributed by atoms with Crippen molar-refractivity contribution in [1.29, 1.82) is 0 Å². The van der Waals surface area contributed by atoms with Crippen molar-refractivity contribution in [2.75, 3.05) is 7.05 Å². The van der Waals surface area contributed by atoms with Crippen LogP contribution in [0.25, 0.3) is 11.5 Å². The van der Waals surface area contributed by atoms with E-state index in [1.807, 2.05) is 6.07 Å². The second-order valence-electron chi connectivity index (χ2n) is 6.92. The lowest BCUT2D eigenvalue weighted by atomic mass is 9.84. The van der Waals surface area contributed by atoms with Gasteiger partial charge in [-0.3, -0.25) is 14.6 Å². The molecule has 8 nitrogen and oxygen atoms in total. The molecule has 26 heavy (non-hydrogen) atoms. The van der Waals surface area contributed by atoms with Crippen LogP contribution in [-0.2, 0) is 20.9 Å². The summed E-state index contributed by atoms with van der Waals surface area (Å²) >= 11 is 0. The van der Waals surface area contributed by atoms with E-state index in [4.69, 9.17) is 9.26 Å². The molecule has 8 heteroatoms. The molecule has 4 rings (SSSR count). The maximum atomic E-state index is 12.9. The lowest BCUT2D eigenvalue weighted by molar-refractivity contribution is -0.151. The van der Waals surface area contributed by atoms with Crippen LogP contribution in [0.3, 0.4) is 0 Å². The smallest absolute Gasteiger partial charge is 0.307 e. The number of hydrogen-bond acceptors (Lipinski definition) is 7. The van der Waals surface area contributed by atoms with Crippen molar-refractivity contribution < 1.29 is 18.8 Å². The van der Waals surface area contributed by atoms with Crippen molar-refractivity contribution in [2.24, 2.45) is 5.92 Å². The van der Waals surface area contributed by atoms with E-state index in [2.05, 4.69) is 15.1 Å². The first-order chi connectivity index (χ1) is 12.6. The van der Waals surface area contributed by atoms with Crippen LogP contribution < -0.4 is 0 Å². The number of nitrogens with zero attached hydrogens (tertiary/aromatic N) is 4. The number of pyridine rings is 1. The third kappa shape index (κ3) is 2.95. The number of esters is 1. The molecular weight excluding hydrogens is 336 g/mol. The number of carbonyl (C=O) groups excluding carboxylic acids is 2. The Hall–Kier alpha value is -2.77. The minimum atomic E-state index is -0.615. The molecule has 0 bridgehead atoms. The number of hydrogen-bond donors (Lipinski definition) is 0. The van der Waals surface area contributed by atoms with E-state index < -0.39 is 11.5 Å². The minimum absolute atomic E-state index is 0.115. The summed E-state index contributed by atoms with van der Waals surface area (Å²) in [5.74, 6) is -0.120. The normalized spacial score (nSPS) is 21.1. The summed E-state index contributed by atoms with van der Waals surface area (Å²) in [6.07, 6.45) is 5.28. The van der Waals surface area contributed by atoms with E-state index in [0.717, 1.165) is 25.7 Å². The molecule has 1 aliphatic heterocycles. The Morgan fingerprint density at radius 1 is 1.35 bits per heavy atom. The lowest BCUT2D eigenvalue weighted by Crippen LogP contribution is -2.43. The number of amides is 1. The van der Waals surface area contributed by atoms with E-state index in [-0.39, 0.29) is 24.8 Å². The Morgan fingerprint density at radius 3 is 2.88 bits per heavy atom. The standard InChI is InChI=1S/C18H20N4O4/c1-22(11-14-20-16(21-26-14)13-6-2-5-9-19-13)17(24)12-10-15(23)25-18(12)7-3-4-8-18/h2,5-6,9,12H,3-4,7-8,10-11H2,1H3/t12-/m1/s1. The van der Waals surface area contributed by atoms with Gasteiger partial charge in [-0.2, -0.15) is 4.98 Å². The molecule has 2 fully saturated rings. The largest absolute Gasteiger partial charge is 0.458 e. The van der Waals surface area contributed by atoms with E-state index in [1.165, 1.54) is 4.90 Å². The molecule has 136 valence electrons. The topological polar surface area (TPSA) is 98.4 Å². The highest BCUT2D eigenvalue weighted by atomic mass is 16.6. The highest BCUT2D eigenvalue weighted by molar-refractivity contribution is 5.87. The molecule has 1 spiro atoms. The zero-order valence-electron chi connectivity index (χ0n) is 14.6. The summed E-state index contributed by atoms with van der Waals surface area (Å²) in [5.41, 5.74) is -0.00712. The Kier molecular flexibility index (Phi) is 4.18. The van der Waals surface area contributed by atoms with Gasteiger partial charge in [0.1, 0.15) is 11.3 Å². The Labute approximate surface area is 150 Å². The van der Waals surface area contributed by atoms with Gasteiger partial charge in [-0.25, -0.2) is 0 Å². The van der Waals surface area contributed by atoms with Gasteiger partial charge in [-0.05, 0) is 37.8 Å². The molecule has 0 N–H and O–H groups in total. The number of carbonyl (C=O) groups is 2. The maximum absolute atomic E-state index is 12.9. The molecule has 2 aromatic heterocycles. The quantitative estimate of drug-likeness (QED) is 0.772. The molecule has 1 saturated heterocycles. The minimum Gasteiger partial charge on any atom is -0.458 e. The van der Waals surface area contributed by atoms with E-state index in [0.29, 0.717) is 17.4 Å². The van der Waals surface area contributed by atoms with E-state index >= 15 is 0 Å². The van der Waals surface area contributed by atoms with Gasteiger partial charge in [-0.15, -0.1) is 0 Å². The van der Waals surface area contributed by atoms with Crippen molar-refractivity contribution in [2.45, 2.75) is 44.2 Å². The molecule has 1 aliphatic carbocycles. The van der Waals surface area contributed by atoms with Crippen LogP contribution in [0.15, 0.2) is 28.9 Å². The van der Waals surface area contributed by atoms with Crippen LogP contribution >= 0.6 is 0 Å². The fourth-order valence-electron chi connectivity index (χ4n) is 3.89. The van der Waals surface area contributed by atoms with Gasteiger partial charge in [-0.1, -0.05) is 11.2 Å². The summed E-state index contributed by atoms with van der Waals surface area (Å²) in [5, 5.41) is 3.91. The number of aromatic nitrogens is 3. The van der Waals surface area contributed by atoms with Crippen LogP contribution in [0.5, 0.6) is 0 Å². The van der Waals surface area contributed by atoms with Crippen molar-refractivity contribution in [3.8, 4) is 11.5 Å². The fraction of sp³-hybridized carbons (Fsp3) is 0.500. The first kappa shape index (κ1) is 16.7. The molecule has 1 saturated carbocycles. The van der Waals surface area contributed by atoms with E-state index in [9.17, 15) is 9.59 Å². The summed E-state index contributed by atoms with van der Waals surface area (Å²) in [4.78, 5) is 34.8. The third-order valence-electron chi connectivity index (χ3n) is 5.18. The summed E-state index contributed by atoms with van der Waals surface area (Å²) in [6.45, 7) is 0.180. The van der Waals surface area contributed by atoms with Crippen molar-refractivity contribution in [3.05, 3.63) is 30.3 Å². The van der Waals surface area contributed by atoms with Crippen LogP contribution in [0.4, 0.5) is 0 Å². The van der Waals surface area contributed by atoms with Crippen molar-refractivity contribution in [3.63, 3.8) is 0 Å². The Bertz CT molecular complexity index is 814. The molecule has 0 aromatic carbocycles. The van der Waals surface area contributed by atoms with Crippen LogP contribution in [-0.4, -0.2) is 44.5 Å². The van der Waals surface area contributed by atoms with Gasteiger partial charge in [0.05, 0.1) is 18.9 Å². The predicted octanol–water partition coefficient (Wildman–Crippen LogP) is 1.97. The van der Waals surface area contributed by atoms with Crippen LogP contribution in [0, 0.1) is 5.92 Å². The van der Waals surface area contributed by atoms with Crippen molar-refractivity contribution in [1.82, 2.24) is 20.0 Å². The van der Waals surface area contributed by atoms with Gasteiger partial charge < -0.3 is 14.2 Å². The molecule has 3 heterocycles. The predicted molar refractivity (Wildman–Crippen MR) is 89.4 cm³/mol. The molecule has 2 aromatic rings. The first-order valence-corrected chi connectivity index (χ1v) is 8.78. The van der Waals surface area contributed by atoms with Gasteiger partial charge in [0.2, 0.25) is 17.6 Å². The van der Waals surface area contributed by atoms with Gasteiger partial charge >= 0.3 is 5.97 Å². The monoisotopic (exact) mass is 356 g/mol. The number of ether oxygens (including phenoxy) is 1. The number of rotatable bonds is 4. The van der Waals surface area contributed by atoms with Gasteiger partial charge in [0.15, 0.2) is 0 Å². The highest BCUT2D eigenvalue weighted by Crippen LogP contribution is 2.46. The second-order valence-corrected chi connectivity index (χ2v) is 6.92.